The highest BCUT2D eigenvalue weighted by atomic mass is 19.4. The van der Waals surface area contributed by atoms with Gasteiger partial charge in [-0.05, 0) is 37.2 Å². The standard InChI is InChI=1S/C20H31F3N4O/c1-19(2,14-26(4)5)13-25-18(24-3)27-9-10-28-17(12-27)15-7-6-8-16(11-15)20(21,22)23/h6-8,11,17H,9-10,12-14H2,1-5H3,(H,24,25). The molecule has 0 spiro atoms. The average Bonchev–Trinajstić information content (AvgIpc) is 2.61. The van der Waals surface area contributed by atoms with Crippen molar-refractivity contribution in [1.29, 1.82) is 0 Å². The lowest BCUT2D eigenvalue weighted by Crippen LogP contribution is -2.50. The summed E-state index contributed by atoms with van der Waals surface area (Å²) in [7, 11) is 5.80. The number of alkyl halides is 3. The van der Waals surface area contributed by atoms with Gasteiger partial charge < -0.3 is 19.9 Å². The van der Waals surface area contributed by atoms with E-state index in [-0.39, 0.29) is 5.41 Å². The number of morpholine rings is 1. The van der Waals surface area contributed by atoms with Crippen molar-refractivity contribution < 1.29 is 17.9 Å². The first-order chi connectivity index (χ1) is 13.0. The number of ether oxygens (including phenoxy) is 1. The molecule has 8 heteroatoms. The number of hydrogen-bond donors (Lipinski definition) is 1. The molecule has 1 atom stereocenters. The van der Waals surface area contributed by atoms with E-state index in [1.54, 1.807) is 13.1 Å². The maximum absolute atomic E-state index is 13.0. The molecule has 5 nitrogen and oxygen atoms in total. The van der Waals surface area contributed by atoms with Gasteiger partial charge in [-0.25, -0.2) is 0 Å². The van der Waals surface area contributed by atoms with Crippen molar-refractivity contribution in [3.05, 3.63) is 35.4 Å². The Morgan fingerprint density at radius 3 is 2.64 bits per heavy atom. The minimum atomic E-state index is -4.36. The Kier molecular flexibility index (Phi) is 7.33. The summed E-state index contributed by atoms with van der Waals surface area (Å²) in [6, 6.07) is 5.36. The van der Waals surface area contributed by atoms with Crippen molar-refractivity contribution in [3.63, 3.8) is 0 Å². The van der Waals surface area contributed by atoms with Crippen molar-refractivity contribution in [2.75, 3.05) is 53.9 Å². The molecule has 1 aliphatic rings. The number of halogens is 3. The van der Waals surface area contributed by atoms with Crippen molar-refractivity contribution in [3.8, 4) is 0 Å². The van der Waals surface area contributed by atoms with Crippen molar-refractivity contribution in [1.82, 2.24) is 15.1 Å². The number of aliphatic imine (C=N–C) groups is 1. The monoisotopic (exact) mass is 400 g/mol. The summed E-state index contributed by atoms with van der Waals surface area (Å²) in [6.07, 6.45) is -4.79. The summed E-state index contributed by atoms with van der Waals surface area (Å²) < 4.78 is 44.8. The van der Waals surface area contributed by atoms with E-state index >= 15 is 0 Å². The van der Waals surface area contributed by atoms with Gasteiger partial charge >= 0.3 is 6.18 Å². The van der Waals surface area contributed by atoms with Gasteiger partial charge in [0.2, 0.25) is 0 Å². The number of hydrogen-bond acceptors (Lipinski definition) is 3. The quantitative estimate of drug-likeness (QED) is 0.609. The average molecular weight is 400 g/mol. The van der Waals surface area contributed by atoms with E-state index in [0.29, 0.717) is 25.3 Å². The van der Waals surface area contributed by atoms with Gasteiger partial charge in [0.05, 0.1) is 18.7 Å². The zero-order valence-corrected chi connectivity index (χ0v) is 17.3. The SMILES string of the molecule is CN=C(NCC(C)(C)CN(C)C)N1CCOC(c2cccc(C(F)(F)F)c2)C1. The van der Waals surface area contributed by atoms with Gasteiger partial charge in [0.1, 0.15) is 6.10 Å². The summed E-state index contributed by atoms with van der Waals surface area (Å²) in [5.74, 6) is 0.743. The molecule has 1 N–H and O–H groups in total. The second kappa shape index (κ2) is 9.13. The number of nitrogens with zero attached hydrogens (tertiary/aromatic N) is 3. The third kappa shape index (κ3) is 6.38. The van der Waals surface area contributed by atoms with Crippen molar-refractivity contribution in [2.24, 2.45) is 10.4 Å². The molecule has 158 valence electrons. The Bertz CT molecular complexity index is 674. The van der Waals surface area contributed by atoms with Crippen molar-refractivity contribution >= 4 is 5.96 Å². The Morgan fingerprint density at radius 1 is 1.32 bits per heavy atom. The van der Waals surface area contributed by atoms with Crippen LogP contribution in [0.15, 0.2) is 29.3 Å². The van der Waals surface area contributed by atoms with E-state index in [1.165, 1.54) is 12.1 Å². The van der Waals surface area contributed by atoms with Crippen LogP contribution in [0.5, 0.6) is 0 Å². The van der Waals surface area contributed by atoms with E-state index < -0.39 is 17.8 Å². The molecule has 2 rings (SSSR count). The molecule has 1 heterocycles. The molecule has 0 aliphatic carbocycles. The molecule has 1 aromatic carbocycles. The topological polar surface area (TPSA) is 40.1 Å². The normalized spacial score (nSPS) is 19.2. The van der Waals surface area contributed by atoms with Crippen LogP contribution in [0.4, 0.5) is 13.2 Å². The first-order valence-electron chi connectivity index (χ1n) is 9.41. The van der Waals surface area contributed by atoms with Gasteiger partial charge in [0, 0.05) is 26.7 Å². The van der Waals surface area contributed by atoms with Crippen LogP contribution in [0.25, 0.3) is 0 Å². The zero-order valence-electron chi connectivity index (χ0n) is 17.3. The molecular weight excluding hydrogens is 369 g/mol. The lowest BCUT2D eigenvalue weighted by atomic mass is 9.93. The van der Waals surface area contributed by atoms with Crippen molar-refractivity contribution in [2.45, 2.75) is 26.1 Å². The lowest BCUT2D eigenvalue weighted by molar-refractivity contribution is -0.137. The van der Waals surface area contributed by atoms with E-state index in [4.69, 9.17) is 4.74 Å². The van der Waals surface area contributed by atoms with Gasteiger partial charge in [-0.3, -0.25) is 4.99 Å². The first-order valence-corrected chi connectivity index (χ1v) is 9.41. The molecule has 1 fully saturated rings. The highest BCUT2D eigenvalue weighted by Gasteiger charge is 2.32. The molecule has 1 aromatic rings. The molecular formula is C20H31F3N4O. The molecule has 0 amide bonds. The highest BCUT2D eigenvalue weighted by molar-refractivity contribution is 5.80. The fourth-order valence-corrected chi connectivity index (χ4v) is 3.52. The van der Waals surface area contributed by atoms with Gasteiger partial charge in [-0.1, -0.05) is 26.0 Å². The summed E-state index contributed by atoms with van der Waals surface area (Å²) in [4.78, 5) is 8.54. The fraction of sp³-hybridized carbons (Fsp3) is 0.650. The van der Waals surface area contributed by atoms with Crippen LogP contribution in [-0.2, 0) is 10.9 Å². The van der Waals surface area contributed by atoms with Crippen LogP contribution in [0.3, 0.4) is 0 Å². The van der Waals surface area contributed by atoms with E-state index in [9.17, 15) is 13.2 Å². The first kappa shape index (κ1) is 22.5. The Hall–Kier alpha value is -1.80. The summed E-state index contributed by atoms with van der Waals surface area (Å²) in [5.41, 5.74) is -0.0757. The second-order valence-corrected chi connectivity index (χ2v) is 8.23. The molecule has 0 radical (unpaired) electrons. The molecule has 0 bridgehead atoms. The second-order valence-electron chi connectivity index (χ2n) is 8.23. The van der Waals surface area contributed by atoms with Crippen LogP contribution in [0.1, 0.15) is 31.1 Å². The molecule has 1 aliphatic heterocycles. The van der Waals surface area contributed by atoms with E-state index in [0.717, 1.165) is 25.1 Å². The minimum absolute atomic E-state index is 0.0478. The smallest absolute Gasteiger partial charge is 0.370 e. The minimum Gasteiger partial charge on any atom is -0.370 e. The van der Waals surface area contributed by atoms with Gasteiger partial charge in [0.15, 0.2) is 5.96 Å². The summed E-state index contributed by atoms with van der Waals surface area (Å²) in [6.45, 7) is 7.55. The van der Waals surface area contributed by atoms with Gasteiger partial charge in [-0.15, -0.1) is 0 Å². The molecule has 1 unspecified atom stereocenters. The summed E-state index contributed by atoms with van der Waals surface area (Å²) >= 11 is 0. The highest BCUT2D eigenvalue weighted by Crippen LogP contribution is 2.32. The predicted molar refractivity (Wildman–Crippen MR) is 105 cm³/mol. The maximum atomic E-state index is 13.0. The zero-order chi connectivity index (χ0) is 20.9. The van der Waals surface area contributed by atoms with E-state index in [2.05, 4.69) is 29.1 Å². The van der Waals surface area contributed by atoms with Crippen LogP contribution in [0.2, 0.25) is 0 Å². The fourth-order valence-electron chi connectivity index (χ4n) is 3.52. The lowest BCUT2D eigenvalue weighted by Gasteiger charge is -2.37. The number of guanidine groups is 1. The molecule has 0 aromatic heterocycles. The Balaban J connectivity index is 2.05. The van der Waals surface area contributed by atoms with Crippen LogP contribution in [0, 0.1) is 5.41 Å². The predicted octanol–water partition coefficient (Wildman–Crippen LogP) is 3.24. The van der Waals surface area contributed by atoms with Crippen LogP contribution in [-0.4, -0.2) is 69.7 Å². The Morgan fingerprint density at radius 2 is 2.04 bits per heavy atom. The largest absolute Gasteiger partial charge is 0.416 e. The molecule has 0 saturated carbocycles. The van der Waals surface area contributed by atoms with Gasteiger partial charge in [0.25, 0.3) is 0 Å². The number of benzene rings is 1. The number of nitrogens with one attached hydrogen (secondary N) is 1. The third-order valence-corrected chi connectivity index (χ3v) is 4.63. The van der Waals surface area contributed by atoms with E-state index in [1.807, 2.05) is 19.0 Å². The molecule has 1 saturated heterocycles. The van der Waals surface area contributed by atoms with Gasteiger partial charge in [-0.2, -0.15) is 13.2 Å². The third-order valence-electron chi connectivity index (χ3n) is 4.63. The Labute approximate surface area is 165 Å². The number of rotatable bonds is 5. The summed E-state index contributed by atoms with van der Waals surface area (Å²) in [5, 5.41) is 3.41. The maximum Gasteiger partial charge on any atom is 0.416 e. The molecule has 28 heavy (non-hydrogen) atoms. The van der Waals surface area contributed by atoms with Crippen LogP contribution < -0.4 is 5.32 Å². The van der Waals surface area contributed by atoms with Crippen LogP contribution >= 0.6 is 0 Å².